The van der Waals surface area contributed by atoms with Crippen LogP contribution in [0.1, 0.15) is 12.6 Å². The van der Waals surface area contributed by atoms with Crippen LogP contribution in [0.25, 0.3) is 17.0 Å². The van der Waals surface area contributed by atoms with E-state index in [1.807, 2.05) is 31.2 Å². The van der Waals surface area contributed by atoms with Gasteiger partial charge in [-0.2, -0.15) is 0 Å². The summed E-state index contributed by atoms with van der Waals surface area (Å²) in [7, 11) is 0. The van der Waals surface area contributed by atoms with Crippen molar-refractivity contribution in [3.05, 3.63) is 60.3 Å². The molecule has 74 valence electrons. The summed E-state index contributed by atoms with van der Waals surface area (Å²) in [6.07, 6.45) is 4.04. The van der Waals surface area contributed by atoms with Crippen molar-refractivity contribution < 1.29 is 4.98 Å². The molecule has 1 aromatic heterocycles. The Morgan fingerprint density at radius 2 is 2.00 bits per heavy atom. The summed E-state index contributed by atoms with van der Waals surface area (Å²) in [5.41, 5.74) is 3.30. The van der Waals surface area contributed by atoms with E-state index >= 15 is 0 Å². The van der Waals surface area contributed by atoms with Gasteiger partial charge in [0.2, 0.25) is 11.2 Å². The largest absolute Gasteiger partial charge is 0.211 e. The third-order valence-electron chi connectivity index (χ3n) is 2.23. The van der Waals surface area contributed by atoms with E-state index in [1.54, 1.807) is 0 Å². The molecule has 1 N–H and O–H groups in total. The Hall–Kier alpha value is -1.89. The second-order valence-corrected chi connectivity index (χ2v) is 3.68. The summed E-state index contributed by atoms with van der Waals surface area (Å²) < 4.78 is 0. The summed E-state index contributed by atoms with van der Waals surface area (Å²) in [5.74, 6) is 0. The van der Waals surface area contributed by atoms with Gasteiger partial charge in [-0.3, -0.25) is 0 Å². The third-order valence-corrected chi connectivity index (χ3v) is 2.23. The Bertz CT molecular complexity index is 524. The first-order valence-corrected chi connectivity index (χ1v) is 5.00. The van der Waals surface area contributed by atoms with Gasteiger partial charge in [-0.05, 0) is 19.1 Å². The molecule has 0 unspecified atom stereocenters. The minimum absolute atomic E-state index is 1.05. The number of hydrogen-bond acceptors (Lipinski definition) is 0. The standard InChI is InChI=1S/C14H13N/c1-11(2)7-9-13-10-8-12-5-3-4-6-14(12)15-13/h3-10H,1H2,2H3/p+1. The topological polar surface area (TPSA) is 14.1 Å². The predicted molar refractivity (Wildman–Crippen MR) is 64.4 cm³/mol. The number of rotatable bonds is 2. The Balaban J connectivity index is 2.43. The smallest absolute Gasteiger partial charge is 0.205 e. The molecular weight excluding hydrogens is 182 g/mol. The maximum Gasteiger partial charge on any atom is 0.211 e. The van der Waals surface area contributed by atoms with Crippen molar-refractivity contribution in [1.29, 1.82) is 0 Å². The lowest BCUT2D eigenvalue weighted by Gasteiger charge is -1.91. The summed E-state index contributed by atoms with van der Waals surface area (Å²) in [6, 6.07) is 12.4. The maximum absolute atomic E-state index is 3.83. The number of aromatic nitrogens is 1. The molecule has 1 heteroatoms. The number of allylic oxidation sites excluding steroid dienone is 2. The van der Waals surface area contributed by atoms with Crippen LogP contribution in [-0.2, 0) is 0 Å². The molecule has 0 atom stereocenters. The van der Waals surface area contributed by atoms with Crippen molar-refractivity contribution in [3.8, 4) is 0 Å². The molecule has 1 heterocycles. The fraction of sp³-hybridized carbons (Fsp3) is 0.0714. The van der Waals surface area contributed by atoms with Crippen molar-refractivity contribution >= 4 is 17.0 Å². The molecule has 1 aromatic carbocycles. The first-order valence-electron chi connectivity index (χ1n) is 5.00. The lowest BCUT2D eigenvalue weighted by atomic mass is 10.2. The summed E-state index contributed by atoms with van der Waals surface area (Å²) in [4.78, 5) is 3.35. The van der Waals surface area contributed by atoms with E-state index in [4.69, 9.17) is 0 Å². The fourth-order valence-corrected chi connectivity index (χ4v) is 1.46. The van der Waals surface area contributed by atoms with Crippen molar-refractivity contribution in [2.75, 3.05) is 0 Å². The van der Waals surface area contributed by atoms with Crippen molar-refractivity contribution in [1.82, 2.24) is 0 Å². The molecular formula is C14H14N+. The zero-order valence-corrected chi connectivity index (χ0v) is 8.83. The van der Waals surface area contributed by atoms with Gasteiger partial charge in [0.05, 0.1) is 0 Å². The number of pyridine rings is 1. The van der Waals surface area contributed by atoms with E-state index in [1.165, 1.54) is 5.39 Å². The van der Waals surface area contributed by atoms with Gasteiger partial charge in [0.25, 0.3) is 0 Å². The number of fused-ring (bicyclic) bond motifs is 1. The van der Waals surface area contributed by atoms with Crippen LogP contribution in [0.4, 0.5) is 0 Å². The van der Waals surface area contributed by atoms with Crippen LogP contribution in [0.5, 0.6) is 0 Å². The Kier molecular flexibility index (Phi) is 2.64. The quantitative estimate of drug-likeness (QED) is 0.655. The molecule has 0 radical (unpaired) electrons. The average molecular weight is 196 g/mol. The van der Waals surface area contributed by atoms with E-state index in [0.29, 0.717) is 0 Å². The fourth-order valence-electron chi connectivity index (χ4n) is 1.46. The SMILES string of the molecule is C=C(C)C=Cc1ccc2ccccc2[nH+]1. The monoisotopic (exact) mass is 196 g/mol. The zero-order chi connectivity index (χ0) is 10.7. The highest BCUT2D eigenvalue weighted by Crippen LogP contribution is 2.09. The Morgan fingerprint density at radius 1 is 1.20 bits per heavy atom. The van der Waals surface area contributed by atoms with Crippen LogP contribution in [0, 0.1) is 0 Å². The lowest BCUT2D eigenvalue weighted by Crippen LogP contribution is -2.07. The molecule has 0 fully saturated rings. The van der Waals surface area contributed by atoms with E-state index in [-0.39, 0.29) is 0 Å². The zero-order valence-electron chi connectivity index (χ0n) is 8.83. The van der Waals surface area contributed by atoms with Gasteiger partial charge in [0.15, 0.2) is 0 Å². The van der Waals surface area contributed by atoms with Gasteiger partial charge < -0.3 is 0 Å². The maximum atomic E-state index is 3.83. The first kappa shape index (κ1) is 9.66. The molecule has 0 saturated heterocycles. The van der Waals surface area contributed by atoms with Crippen LogP contribution in [0.2, 0.25) is 0 Å². The van der Waals surface area contributed by atoms with E-state index in [2.05, 4.69) is 35.8 Å². The van der Waals surface area contributed by atoms with Crippen LogP contribution >= 0.6 is 0 Å². The van der Waals surface area contributed by atoms with Gasteiger partial charge in [0, 0.05) is 23.6 Å². The van der Waals surface area contributed by atoms with Gasteiger partial charge >= 0.3 is 0 Å². The van der Waals surface area contributed by atoms with Gasteiger partial charge in [-0.25, -0.2) is 4.98 Å². The number of para-hydroxylation sites is 1. The number of benzene rings is 1. The van der Waals surface area contributed by atoms with Crippen LogP contribution in [0.15, 0.2) is 54.6 Å². The highest BCUT2D eigenvalue weighted by molar-refractivity contribution is 5.75. The summed E-state index contributed by atoms with van der Waals surface area (Å²) >= 11 is 0. The van der Waals surface area contributed by atoms with Crippen molar-refractivity contribution in [3.63, 3.8) is 0 Å². The number of hydrogen-bond donors (Lipinski definition) is 0. The number of aromatic amines is 1. The highest BCUT2D eigenvalue weighted by Gasteiger charge is 2.00. The molecule has 0 aliphatic carbocycles. The minimum Gasteiger partial charge on any atom is -0.205 e. The van der Waals surface area contributed by atoms with Crippen molar-refractivity contribution in [2.45, 2.75) is 6.92 Å². The van der Waals surface area contributed by atoms with Gasteiger partial charge in [-0.15, -0.1) is 0 Å². The van der Waals surface area contributed by atoms with Gasteiger partial charge in [-0.1, -0.05) is 30.4 Å². The molecule has 2 aromatic rings. The second-order valence-electron chi connectivity index (χ2n) is 3.68. The van der Waals surface area contributed by atoms with E-state index in [9.17, 15) is 0 Å². The molecule has 0 aliphatic rings. The van der Waals surface area contributed by atoms with Gasteiger partial charge in [0.1, 0.15) is 0 Å². The average Bonchev–Trinajstić information content (AvgIpc) is 2.26. The van der Waals surface area contributed by atoms with E-state index in [0.717, 1.165) is 16.8 Å². The van der Waals surface area contributed by atoms with E-state index < -0.39 is 0 Å². The van der Waals surface area contributed by atoms with Crippen molar-refractivity contribution in [2.24, 2.45) is 0 Å². The first-order chi connectivity index (χ1) is 7.25. The Morgan fingerprint density at radius 3 is 2.80 bits per heavy atom. The minimum atomic E-state index is 1.05. The summed E-state index contributed by atoms with van der Waals surface area (Å²) in [5, 5.41) is 1.23. The molecule has 1 nitrogen and oxygen atoms in total. The number of H-pyrrole nitrogens is 1. The molecule has 2 rings (SSSR count). The Labute approximate surface area is 89.8 Å². The van der Waals surface area contributed by atoms with Crippen LogP contribution in [-0.4, -0.2) is 0 Å². The summed E-state index contributed by atoms with van der Waals surface area (Å²) in [6.45, 7) is 5.82. The molecule has 15 heavy (non-hydrogen) atoms. The predicted octanol–water partition coefficient (Wildman–Crippen LogP) is 3.24. The lowest BCUT2D eigenvalue weighted by molar-refractivity contribution is -0.347. The normalized spacial score (nSPS) is 11.0. The highest BCUT2D eigenvalue weighted by atomic mass is 14.7. The third kappa shape index (κ3) is 2.32. The number of nitrogens with one attached hydrogen (secondary N) is 1. The molecule has 0 spiro atoms. The second kappa shape index (κ2) is 4.09. The molecule has 0 saturated carbocycles. The molecule has 0 aliphatic heterocycles. The molecule has 0 amide bonds. The van der Waals surface area contributed by atoms with Crippen LogP contribution in [0.3, 0.4) is 0 Å². The molecule has 0 bridgehead atoms. The van der Waals surface area contributed by atoms with Crippen LogP contribution < -0.4 is 4.98 Å².